The molecule has 2 rings (SSSR count). The van der Waals surface area contributed by atoms with Gasteiger partial charge in [0.25, 0.3) is 5.91 Å². The molecule has 0 aliphatic heterocycles. The molecule has 1 heterocycles. The Labute approximate surface area is 134 Å². The van der Waals surface area contributed by atoms with E-state index in [4.69, 9.17) is 14.3 Å². The average Bonchev–Trinajstić information content (AvgIpc) is 2.88. The summed E-state index contributed by atoms with van der Waals surface area (Å²) in [6.45, 7) is 4.17. The van der Waals surface area contributed by atoms with Crippen LogP contribution in [-0.2, 0) is 6.54 Å². The lowest BCUT2D eigenvalue weighted by Gasteiger charge is -2.16. The van der Waals surface area contributed by atoms with Crippen molar-refractivity contribution in [3.05, 3.63) is 53.0 Å². The fraction of sp³-hybridized carbons (Fsp3) is 0.294. The van der Waals surface area contributed by atoms with Gasteiger partial charge in [-0.15, -0.1) is 0 Å². The van der Waals surface area contributed by atoms with Gasteiger partial charge in [0.15, 0.2) is 0 Å². The molecule has 0 unspecified atom stereocenters. The van der Waals surface area contributed by atoms with Crippen molar-refractivity contribution < 1.29 is 23.8 Å². The van der Waals surface area contributed by atoms with Crippen LogP contribution in [-0.4, -0.2) is 35.5 Å². The maximum Gasteiger partial charge on any atom is 0.339 e. The molecule has 1 aromatic carbocycles. The van der Waals surface area contributed by atoms with E-state index in [0.717, 1.165) is 0 Å². The normalized spacial score (nSPS) is 10.4. The maximum absolute atomic E-state index is 12.4. The first kappa shape index (κ1) is 16.6. The van der Waals surface area contributed by atoms with Crippen LogP contribution in [0.5, 0.6) is 5.75 Å². The van der Waals surface area contributed by atoms with E-state index in [1.165, 1.54) is 11.0 Å². The van der Waals surface area contributed by atoms with Crippen LogP contribution in [0.15, 0.2) is 34.7 Å². The molecule has 0 saturated heterocycles. The number of aromatic carboxylic acids is 1. The van der Waals surface area contributed by atoms with Crippen molar-refractivity contribution in [1.29, 1.82) is 0 Å². The highest BCUT2D eigenvalue weighted by atomic mass is 16.5. The average molecular weight is 317 g/mol. The number of rotatable bonds is 6. The van der Waals surface area contributed by atoms with E-state index >= 15 is 0 Å². The molecule has 0 aliphatic carbocycles. The summed E-state index contributed by atoms with van der Waals surface area (Å²) in [6, 6.07) is 8.37. The van der Waals surface area contributed by atoms with Gasteiger partial charge < -0.3 is 19.2 Å². The summed E-state index contributed by atoms with van der Waals surface area (Å²) in [5.74, 6) is 0.144. The Hall–Kier alpha value is -2.76. The Morgan fingerprint density at radius 2 is 2.04 bits per heavy atom. The Kier molecular flexibility index (Phi) is 5.05. The van der Waals surface area contributed by atoms with Gasteiger partial charge in [0.05, 0.1) is 13.2 Å². The summed E-state index contributed by atoms with van der Waals surface area (Å²) in [5, 5.41) is 9.03. The summed E-state index contributed by atoms with van der Waals surface area (Å²) < 4.78 is 10.8. The van der Waals surface area contributed by atoms with Gasteiger partial charge in [0.2, 0.25) is 0 Å². The van der Waals surface area contributed by atoms with Gasteiger partial charge in [-0.3, -0.25) is 4.79 Å². The Bertz CT molecular complexity index is 720. The van der Waals surface area contributed by atoms with Crippen molar-refractivity contribution in [2.24, 2.45) is 0 Å². The molecule has 23 heavy (non-hydrogen) atoms. The van der Waals surface area contributed by atoms with Crippen molar-refractivity contribution in [2.45, 2.75) is 20.4 Å². The van der Waals surface area contributed by atoms with E-state index in [1.807, 2.05) is 6.92 Å². The highest BCUT2D eigenvalue weighted by molar-refractivity contribution is 5.94. The zero-order chi connectivity index (χ0) is 17.0. The SMILES string of the molecule is CCOc1cccc(C(=O)N(C)Cc2cc(C(=O)O)c(C)o2)c1. The third-order valence-corrected chi connectivity index (χ3v) is 3.33. The summed E-state index contributed by atoms with van der Waals surface area (Å²) in [7, 11) is 1.63. The summed E-state index contributed by atoms with van der Waals surface area (Å²) in [5.41, 5.74) is 0.611. The molecule has 0 saturated carbocycles. The first-order valence-corrected chi connectivity index (χ1v) is 7.23. The van der Waals surface area contributed by atoms with Crippen LogP contribution in [0, 0.1) is 6.92 Å². The van der Waals surface area contributed by atoms with Crippen molar-refractivity contribution in [3.8, 4) is 5.75 Å². The second kappa shape index (κ2) is 7.00. The van der Waals surface area contributed by atoms with Crippen LogP contribution in [0.3, 0.4) is 0 Å². The zero-order valence-electron chi connectivity index (χ0n) is 13.3. The topological polar surface area (TPSA) is 80.0 Å². The van der Waals surface area contributed by atoms with Gasteiger partial charge in [-0.1, -0.05) is 6.07 Å². The highest BCUT2D eigenvalue weighted by Gasteiger charge is 2.18. The molecule has 0 atom stereocenters. The van der Waals surface area contributed by atoms with Crippen LogP contribution in [0.4, 0.5) is 0 Å². The molecular formula is C17H19NO5. The van der Waals surface area contributed by atoms with E-state index in [9.17, 15) is 9.59 Å². The lowest BCUT2D eigenvalue weighted by atomic mass is 10.2. The standard InChI is InChI=1S/C17H19NO5/c1-4-22-13-7-5-6-12(8-13)16(19)18(3)10-14-9-15(17(20)21)11(2)23-14/h5-9H,4,10H2,1-3H3,(H,20,21). The number of amides is 1. The molecule has 0 aliphatic rings. The fourth-order valence-electron chi connectivity index (χ4n) is 2.25. The van der Waals surface area contributed by atoms with Gasteiger partial charge in [-0.05, 0) is 38.1 Å². The number of carbonyl (C=O) groups is 2. The molecule has 0 spiro atoms. The summed E-state index contributed by atoms with van der Waals surface area (Å²) >= 11 is 0. The van der Waals surface area contributed by atoms with Gasteiger partial charge >= 0.3 is 5.97 Å². The predicted molar refractivity (Wildman–Crippen MR) is 83.8 cm³/mol. The first-order valence-electron chi connectivity index (χ1n) is 7.23. The quantitative estimate of drug-likeness (QED) is 0.886. The number of benzene rings is 1. The van der Waals surface area contributed by atoms with Gasteiger partial charge in [-0.2, -0.15) is 0 Å². The van der Waals surface area contributed by atoms with Crippen LogP contribution in [0.1, 0.15) is 39.2 Å². The van der Waals surface area contributed by atoms with Crippen molar-refractivity contribution in [1.82, 2.24) is 4.90 Å². The van der Waals surface area contributed by atoms with E-state index in [0.29, 0.717) is 29.4 Å². The minimum Gasteiger partial charge on any atom is -0.494 e. The second-order valence-corrected chi connectivity index (χ2v) is 5.11. The zero-order valence-corrected chi connectivity index (χ0v) is 13.3. The molecule has 1 aromatic heterocycles. The molecule has 122 valence electrons. The molecular weight excluding hydrogens is 298 g/mol. The van der Waals surface area contributed by atoms with Gasteiger partial charge in [0.1, 0.15) is 22.8 Å². The van der Waals surface area contributed by atoms with Crippen LogP contribution in [0.25, 0.3) is 0 Å². The molecule has 2 aromatic rings. The number of hydrogen-bond acceptors (Lipinski definition) is 4. The number of carboxylic acids is 1. The molecule has 6 heteroatoms. The van der Waals surface area contributed by atoms with Crippen LogP contribution in [0.2, 0.25) is 0 Å². The maximum atomic E-state index is 12.4. The smallest absolute Gasteiger partial charge is 0.339 e. The van der Waals surface area contributed by atoms with Gasteiger partial charge in [0, 0.05) is 12.6 Å². The second-order valence-electron chi connectivity index (χ2n) is 5.11. The largest absolute Gasteiger partial charge is 0.494 e. The monoisotopic (exact) mass is 317 g/mol. The third-order valence-electron chi connectivity index (χ3n) is 3.33. The number of hydrogen-bond donors (Lipinski definition) is 1. The number of carbonyl (C=O) groups excluding carboxylic acids is 1. The number of furan rings is 1. The van der Waals surface area contributed by atoms with E-state index in [2.05, 4.69) is 0 Å². The minimum atomic E-state index is -1.05. The number of ether oxygens (including phenoxy) is 1. The van der Waals surface area contributed by atoms with Gasteiger partial charge in [-0.25, -0.2) is 4.79 Å². The predicted octanol–water partition coefficient (Wildman–Crippen LogP) is 2.96. The molecule has 0 bridgehead atoms. The highest BCUT2D eigenvalue weighted by Crippen LogP contribution is 2.18. The first-order chi connectivity index (χ1) is 10.9. The summed E-state index contributed by atoms with van der Waals surface area (Å²) in [6.07, 6.45) is 0. The molecule has 0 fully saturated rings. The minimum absolute atomic E-state index is 0.110. The molecule has 1 N–H and O–H groups in total. The lowest BCUT2D eigenvalue weighted by Crippen LogP contribution is -2.26. The molecule has 0 radical (unpaired) electrons. The lowest BCUT2D eigenvalue weighted by molar-refractivity contribution is 0.0694. The Morgan fingerprint density at radius 1 is 1.30 bits per heavy atom. The molecule has 1 amide bonds. The number of nitrogens with zero attached hydrogens (tertiary/aromatic N) is 1. The van der Waals surface area contributed by atoms with Crippen LogP contribution >= 0.6 is 0 Å². The van der Waals surface area contributed by atoms with E-state index in [1.54, 1.807) is 38.2 Å². The van der Waals surface area contributed by atoms with Crippen molar-refractivity contribution >= 4 is 11.9 Å². The van der Waals surface area contributed by atoms with E-state index < -0.39 is 5.97 Å². The third kappa shape index (κ3) is 3.91. The van der Waals surface area contributed by atoms with Crippen LogP contribution < -0.4 is 4.74 Å². The summed E-state index contributed by atoms with van der Waals surface area (Å²) in [4.78, 5) is 24.9. The fourth-order valence-corrected chi connectivity index (χ4v) is 2.25. The van der Waals surface area contributed by atoms with Crippen molar-refractivity contribution in [3.63, 3.8) is 0 Å². The van der Waals surface area contributed by atoms with E-state index in [-0.39, 0.29) is 18.0 Å². The number of aryl methyl sites for hydroxylation is 1. The Morgan fingerprint density at radius 3 is 2.65 bits per heavy atom. The molecule has 6 nitrogen and oxygen atoms in total. The number of carboxylic acid groups (broad SMARTS) is 1. The Balaban J connectivity index is 2.12. The van der Waals surface area contributed by atoms with Crippen molar-refractivity contribution in [2.75, 3.05) is 13.7 Å².